The average Bonchev–Trinajstić information content (AvgIpc) is 2.42. The summed E-state index contributed by atoms with van der Waals surface area (Å²) in [5.41, 5.74) is 1.66. The second-order valence-electron chi connectivity index (χ2n) is 4.20. The summed E-state index contributed by atoms with van der Waals surface area (Å²) >= 11 is 0. The summed E-state index contributed by atoms with van der Waals surface area (Å²) in [5.74, 6) is -1.20. The predicted molar refractivity (Wildman–Crippen MR) is 70.1 cm³/mol. The van der Waals surface area contributed by atoms with Crippen LogP contribution in [-0.4, -0.2) is 42.2 Å². The number of hydrogen-bond donors (Lipinski definition) is 2. The Hall–Kier alpha value is -1.92. The molecule has 2 unspecified atom stereocenters. The van der Waals surface area contributed by atoms with Crippen LogP contribution in [0.15, 0.2) is 18.2 Å². The SMILES string of the molecule is CCOC(=O)c1ccc(C(CO)C(O)OC=O)c(C)c1. The van der Waals surface area contributed by atoms with Crippen molar-refractivity contribution in [3.8, 4) is 0 Å². The monoisotopic (exact) mass is 282 g/mol. The number of hydrogen-bond acceptors (Lipinski definition) is 6. The minimum Gasteiger partial charge on any atom is -0.462 e. The maximum absolute atomic E-state index is 11.6. The zero-order chi connectivity index (χ0) is 15.1. The Bertz CT molecular complexity index is 471. The quantitative estimate of drug-likeness (QED) is 0.435. The standard InChI is InChI=1S/C14H18O6/c1-3-19-13(17)10-4-5-11(9(2)6-10)12(7-15)14(18)20-8-16/h4-6,8,12,14-15,18H,3,7H2,1-2H3. The van der Waals surface area contributed by atoms with Gasteiger partial charge in [0.2, 0.25) is 6.29 Å². The van der Waals surface area contributed by atoms with Gasteiger partial charge < -0.3 is 19.7 Å². The molecule has 0 aromatic heterocycles. The van der Waals surface area contributed by atoms with Gasteiger partial charge in [0.25, 0.3) is 6.47 Å². The molecule has 0 spiro atoms. The van der Waals surface area contributed by atoms with E-state index in [4.69, 9.17) is 4.74 Å². The van der Waals surface area contributed by atoms with Crippen LogP contribution in [0.1, 0.15) is 34.3 Å². The predicted octanol–water partition coefficient (Wildman–Crippen LogP) is 0.739. The fourth-order valence-corrected chi connectivity index (χ4v) is 1.93. The van der Waals surface area contributed by atoms with Gasteiger partial charge in [-0.25, -0.2) is 4.79 Å². The van der Waals surface area contributed by atoms with Crippen LogP contribution in [0, 0.1) is 6.92 Å². The summed E-state index contributed by atoms with van der Waals surface area (Å²) in [5, 5.41) is 19.0. The Balaban J connectivity index is 3.01. The topological polar surface area (TPSA) is 93.1 Å². The van der Waals surface area contributed by atoms with Crippen molar-refractivity contribution in [2.45, 2.75) is 26.1 Å². The van der Waals surface area contributed by atoms with Gasteiger partial charge in [0, 0.05) is 0 Å². The molecule has 0 saturated heterocycles. The van der Waals surface area contributed by atoms with Crippen molar-refractivity contribution in [2.75, 3.05) is 13.2 Å². The molecule has 0 aliphatic rings. The lowest BCUT2D eigenvalue weighted by Gasteiger charge is -2.21. The van der Waals surface area contributed by atoms with Gasteiger partial charge in [-0.15, -0.1) is 0 Å². The Morgan fingerprint density at radius 3 is 2.65 bits per heavy atom. The summed E-state index contributed by atoms with van der Waals surface area (Å²) < 4.78 is 9.33. The van der Waals surface area contributed by atoms with E-state index >= 15 is 0 Å². The number of carbonyl (C=O) groups excluding carboxylic acids is 2. The minimum absolute atomic E-state index is 0.121. The third kappa shape index (κ3) is 3.79. The molecule has 1 rings (SSSR count). The second kappa shape index (κ2) is 7.62. The van der Waals surface area contributed by atoms with Crippen LogP contribution in [-0.2, 0) is 14.3 Å². The number of rotatable bonds is 7. The van der Waals surface area contributed by atoms with Gasteiger partial charge in [0.15, 0.2) is 0 Å². The third-order valence-electron chi connectivity index (χ3n) is 2.92. The Morgan fingerprint density at radius 1 is 1.45 bits per heavy atom. The van der Waals surface area contributed by atoms with Crippen LogP contribution in [0.25, 0.3) is 0 Å². The Labute approximate surface area is 116 Å². The highest BCUT2D eigenvalue weighted by atomic mass is 16.6. The maximum atomic E-state index is 11.6. The zero-order valence-corrected chi connectivity index (χ0v) is 11.4. The summed E-state index contributed by atoms with van der Waals surface area (Å²) in [4.78, 5) is 21.8. The van der Waals surface area contributed by atoms with E-state index in [2.05, 4.69) is 4.74 Å². The first-order chi connectivity index (χ1) is 9.54. The minimum atomic E-state index is -1.44. The summed E-state index contributed by atoms with van der Waals surface area (Å²) in [7, 11) is 0. The van der Waals surface area contributed by atoms with Gasteiger partial charge in [0.1, 0.15) is 0 Å². The van der Waals surface area contributed by atoms with Gasteiger partial charge in [-0.05, 0) is 37.1 Å². The van der Waals surface area contributed by atoms with Crippen molar-refractivity contribution < 1.29 is 29.3 Å². The Kier molecular flexibility index (Phi) is 6.14. The lowest BCUT2D eigenvalue weighted by molar-refractivity contribution is -0.157. The average molecular weight is 282 g/mol. The molecular weight excluding hydrogens is 264 g/mol. The first-order valence-corrected chi connectivity index (χ1v) is 6.20. The molecule has 110 valence electrons. The first kappa shape index (κ1) is 16.1. The zero-order valence-electron chi connectivity index (χ0n) is 11.4. The van der Waals surface area contributed by atoms with E-state index < -0.39 is 24.8 Å². The molecule has 1 aromatic rings. The summed E-state index contributed by atoms with van der Waals surface area (Å²) in [6.07, 6.45) is -1.44. The van der Waals surface area contributed by atoms with Crippen LogP contribution < -0.4 is 0 Å². The van der Waals surface area contributed by atoms with Crippen LogP contribution in [0.4, 0.5) is 0 Å². The number of benzene rings is 1. The molecule has 2 atom stereocenters. The molecule has 0 saturated carbocycles. The van der Waals surface area contributed by atoms with E-state index in [1.54, 1.807) is 26.0 Å². The van der Waals surface area contributed by atoms with E-state index in [9.17, 15) is 19.8 Å². The van der Waals surface area contributed by atoms with E-state index in [0.29, 0.717) is 16.7 Å². The smallest absolute Gasteiger partial charge is 0.338 e. The highest BCUT2D eigenvalue weighted by Crippen LogP contribution is 2.24. The molecule has 0 amide bonds. The lowest BCUT2D eigenvalue weighted by atomic mass is 9.93. The van der Waals surface area contributed by atoms with Gasteiger partial charge in [0.05, 0.1) is 24.7 Å². The molecule has 0 bridgehead atoms. The lowest BCUT2D eigenvalue weighted by Crippen LogP contribution is -2.25. The number of ether oxygens (including phenoxy) is 2. The third-order valence-corrected chi connectivity index (χ3v) is 2.92. The first-order valence-electron chi connectivity index (χ1n) is 6.20. The number of aryl methyl sites for hydroxylation is 1. The summed E-state index contributed by atoms with van der Waals surface area (Å²) in [6, 6.07) is 4.74. The fourth-order valence-electron chi connectivity index (χ4n) is 1.93. The van der Waals surface area contributed by atoms with Crippen molar-refractivity contribution in [3.05, 3.63) is 34.9 Å². The van der Waals surface area contributed by atoms with Gasteiger partial charge >= 0.3 is 5.97 Å². The normalized spacial score (nSPS) is 13.4. The maximum Gasteiger partial charge on any atom is 0.338 e. The molecule has 0 aliphatic carbocycles. The van der Waals surface area contributed by atoms with Crippen LogP contribution in [0.2, 0.25) is 0 Å². The van der Waals surface area contributed by atoms with E-state index in [1.165, 1.54) is 6.07 Å². The summed E-state index contributed by atoms with van der Waals surface area (Å²) in [6.45, 7) is 3.46. The van der Waals surface area contributed by atoms with Crippen molar-refractivity contribution in [1.82, 2.24) is 0 Å². The highest BCUT2D eigenvalue weighted by molar-refractivity contribution is 5.89. The van der Waals surface area contributed by atoms with Crippen molar-refractivity contribution in [2.24, 2.45) is 0 Å². The molecule has 20 heavy (non-hydrogen) atoms. The molecule has 6 heteroatoms. The van der Waals surface area contributed by atoms with Gasteiger partial charge in [-0.3, -0.25) is 4.79 Å². The number of carbonyl (C=O) groups is 2. The van der Waals surface area contributed by atoms with Crippen LogP contribution in [0.3, 0.4) is 0 Å². The fraction of sp³-hybridized carbons (Fsp3) is 0.429. The molecule has 0 heterocycles. The van der Waals surface area contributed by atoms with E-state index in [0.717, 1.165) is 0 Å². The molecular formula is C14H18O6. The second-order valence-corrected chi connectivity index (χ2v) is 4.20. The molecule has 6 nitrogen and oxygen atoms in total. The van der Waals surface area contributed by atoms with Crippen molar-refractivity contribution in [3.63, 3.8) is 0 Å². The van der Waals surface area contributed by atoms with Gasteiger partial charge in [-0.1, -0.05) is 6.07 Å². The molecule has 2 N–H and O–H groups in total. The molecule has 0 aliphatic heterocycles. The largest absolute Gasteiger partial charge is 0.462 e. The molecule has 1 aromatic carbocycles. The highest BCUT2D eigenvalue weighted by Gasteiger charge is 2.24. The number of esters is 1. The molecule has 0 radical (unpaired) electrons. The number of aliphatic hydroxyl groups excluding tert-OH is 2. The molecule has 0 fully saturated rings. The van der Waals surface area contributed by atoms with Crippen LogP contribution in [0.5, 0.6) is 0 Å². The van der Waals surface area contributed by atoms with Gasteiger partial charge in [-0.2, -0.15) is 0 Å². The number of aliphatic hydroxyl groups is 2. The van der Waals surface area contributed by atoms with Crippen LogP contribution >= 0.6 is 0 Å². The Morgan fingerprint density at radius 2 is 2.15 bits per heavy atom. The van der Waals surface area contributed by atoms with E-state index in [-0.39, 0.29) is 13.1 Å². The van der Waals surface area contributed by atoms with E-state index in [1.807, 2.05) is 0 Å². The van der Waals surface area contributed by atoms with Crippen molar-refractivity contribution >= 4 is 12.4 Å². The van der Waals surface area contributed by atoms with Crippen molar-refractivity contribution in [1.29, 1.82) is 0 Å².